The second-order valence-corrected chi connectivity index (χ2v) is 2.84. The van der Waals surface area contributed by atoms with Gasteiger partial charge in [0, 0.05) is 7.11 Å². The predicted octanol–water partition coefficient (Wildman–Crippen LogP) is 2.46. The summed E-state index contributed by atoms with van der Waals surface area (Å²) in [5.74, 6) is 0. The summed E-state index contributed by atoms with van der Waals surface area (Å²) in [4.78, 5) is 0. The molecule has 13 heavy (non-hydrogen) atoms. The fourth-order valence-corrected chi connectivity index (χ4v) is 1.19. The number of ether oxygens (including phenoxy) is 1. The van der Waals surface area contributed by atoms with Crippen molar-refractivity contribution < 1.29 is 4.74 Å². The minimum Gasteiger partial charge on any atom is -0.362 e. The van der Waals surface area contributed by atoms with E-state index in [4.69, 9.17) is 10.00 Å². The minimum atomic E-state index is -0.439. The van der Waals surface area contributed by atoms with Gasteiger partial charge in [0.1, 0.15) is 0 Å². The summed E-state index contributed by atoms with van der Waals surface area (Å²) in [6.45, 7) is 2.10. The van der Waals surface area contributed by atoms with E-state index in [0.717, 1.165) is 12.0 Å². The number of methoxy groups -OCH3 is 1. The fourth-order valence-electron chi connectivity index (χ4n) is 1.19. The van der Waals surface area contributed by atoms with Crippen LogP contribution in [-0.2, 0) is 11.2 Å². The van der Waals surface area contributed by atoms with Gasteiger partial charge in [0.25, 0.3) is 0 Å². The first-order valence-corrected chi connectivity index (χ1v) is 4.33. The van der Waals surface area contributed by atoms with Gasteiger partial charge in [-0.3, -0.25) is 0 Å². The molecule has 0 bridgehead atoms. The van der Waals surface area contributed by atoms with Crippen molar-refractivity contribution in [2.75, 3.05) is 7.11 Å². The van der Waals surface area contributed by atoms with Gasteiger partial charge < -0.3 is 4.74 Å². The Bertz CT molecular complexity index is 297. The summed E-state index contributed by atoms with van der Waals surface area (Å²) in [6, 6.07) is 10.0. The van der Waals surface area contributed by atoms with Crippen molar-refractivity contribution in [3.05, 3.63) is 35.4 Å². The average Bonchev–Trinajstić information content (AvgIpc) is 2.21. The summed E-state index contributed by atoms with van der Waals surface area (Å²) >= 11 is 0. The van der Waals surface area contributed by atoms with Gasteiger partial charge in [0.15, 0.2) is 6.10 Å². The lowest BCUT2D eigenvalue weighted by Crippen LogP contribution is -1.97. The molecule has 1 aromatic rings. The predicted molar refractivity (Wildman–Crippen MR) is 51.2 cm³/mol. The van der Waals surface area contributed by atoms with Gasteiger partial charge in [-0.15, -0.1) is 0 Å². The molecule has 0 aliphatic carbocycles. The Morgan fingerprint density at radius 1 is 1.38 bits per heavy atom. The highest BCUT2D eigenvalue weighted by atomic mass is 16.5. The summed E-state index contributed by atoms with van der Waals surface area (Å²) in [7, 11) is 1.54. The van der Waals surface area contributed by atoms with Gasteiger partial charge in [0.2, 0.25) is 0 Å². The van der Waals surface area contributed by atoms with Crippen LogP contribution in [0.1, 0.15) is 24.2 Å². The first kappa shape index (κ1) is 9.76. The number of hydrogen-bond donors (Lipinski definition) is 0. The van der Waals surface area contributed by atoms with Gasteiger partial charge in [-0.25, -0.2) is 0 Å². The molecule has 0 amide bonds. The Hall–Kier alpha value is -1.33. The standard InChI is InChI=1S/C11H13NO/c1-3-9-4-6-10(7-5-9)11(8-12)13-2/h4-7,11H,3H2,1-2H3. The van der Waals surface area contributed by atoms with Crippen molar-refractivity contribution in [2.24, 2.45) is 0 Å². The highest BCUT2D eigenvalue weighted by Gasteiger charge is 2.07. The first-order chi connectivity index (χ1) is 6.31. The van der Waals surface area contributed by atoms with E-state index in [-0.39, 0.29) is 0 Å². The molecule has 0 saturated heterocycles. The molecule has 68 valence electrons. The topological polar surface area (TPSA) is 33.0 Å². The van der Waals surface area contributed by atoms with E-state index >= 15 is 0 Å². The SMILES string of the molecule is CCc1ccc(C(C#N)OC)cc1. The highest BCUT2D eigenvalue weighted by molar-refractivity contribution is 5.26. The number of nitrogens with zero attached hydrogens (tertiary/aromatic N) is 1. The van der Waals surface area contributed by atoms with Crippen LogP contribution in [-0.4, -0.2) is 7.11 Å². The van der Waals surface area contributed by atoms with Crippen molar-refractivity contribution >= 4 is 0 Å². The summed E-state index contributed by atoms with van der Waals surface area (Å²) in [5, 5.41) is 8.73. The average molecular weight is 175 g/mol. The smallest absolute Gasteiger partial charge is 0.168 e. The Morgan fingerprint density at radius 3 is 2.38 bits per heavy atom. The van der Waals surface area contributed by atoms with Crippen molar-refractivity contribution in [3.63, 3.8) is 0 Å². The van der Waals surface area contributed by atoms with Crippen LogP contribution in [0.3, 0.4) is 0 Å². The van der Waals surface area contributed by atoms with Crippen molar-refractivity contribution in [3.8, 4) is 6.07 Å². The third-order valence-corrected chi connectivity index (χ3v) is 2.04. The molecule has 0 N–H and O–H groups in total. The Morgan fingerprint density at radius 2 is 2.00 bits per heavy atom. The molecule has 0 saturated carbocycles. The maximum absolute atomic E-state index is 8.73. The van der Waals surface area contributed by atoms with Crippen molar-refractivity contribution in [2.45, 2.75) is 19.4 Å². The molecule has 1 rings (SSSR count). The molecular formula is C11H13NO. The van der Waals surface area contributed by atoms with Crippen LogP contribution in [0.15, 0.2) is 24.3 Å². The molecule has 0 heterocycles. The highest BCUT2D eigenvalue weighted by Crippen LogP contribution is 2.16. The summed E-state index contributed by atoms with van der Waals surface area (Å²) < 4.78 is 5.00. The van der Waals surface area contributed by atoms with E-state index in [0.29, 0.717) is 0 Å². The normalized spacial score (nSPS) is 12.1. The number of hydrogen-bond acceptors (Lipinski definition) is 2. The Balaban J connectivity index is 2.86. The maximum atomic E-state index is 8.73. The molecule has 0 aromatic heterocycles. The van der Waals surface area contributed by atoms with Crippen LogP contribution in [0.4, 0.5) is 0 Å². The molecule has 1 unspecified atom stereocenters. The number of benzene rings is 1. The van der Waals surface area contributed by atoms with Gasteiger partial charge in [-0.1, -0.05) is 31.2 Å². The molecule has 0 spiro atoms. The van der Waals surface area contributed by atoms with Crippen LogP contribution in [0.25, 0.3) is 0 Å². The summed E-state index contributed by atoms with van der Waals surface area (Å²) in [5.41, 5.74) is 2.19. The first-order valence-electron chi connectivity index (χ1n) is 4.33. The summed E-state index contributed by atoms with van der Waals surface area (Å²) in [6.07, 6.45) is 0.579. The fraction of sp³-hybridized carbons (Fsp3) is 0.364. The van der Waals surface area contributed by atoms with E-state index in [1.165, 1.54) is 5.56 Å². The van der Waals surface area contributed by atoms with Crippen molar-refractivity contribution in [1.82, 2.24) is 0 Å². The lowest BCUT2D eigenvalue weighted by Gasteiger charge is -2.07. The maximum Gasteiger partial charge on any atom is 0.168 e. The lowest BCUT2D eigenvalue weighted by atomic mass is 10.1. The second kappa shape index (κ2) is 4.64. The monoisotopic (exact) mass is 175 g/mol. The second-order valence-electron chi connectivity index (χ2n) is 2.84. The molecule has 0 aliphatic rings. The lowest BCUT2D eigenvalue weighted by molar-refractivity contribution is 0.148. The number of aryl methyl sites for hydroxylation is 1. The van der Waals surface area contributed by atoms with E-state index < -0.39 is 6.10 Å². The molecule has 0 radical (unpaired) electrons. The van der Waals surface area contributed by atoms with Crippen LogP contribution in [0, 0.1) is 11.3 Å². The zero-order chi connectivity index (χ0) is 9.68. The molecule has 1 aromatic carbocycles. The van der Waals surface area contributed by atoms with Crippen LogP contribution < -0.4 is 0 Å². The zero-order valence-electron chi connectivity index (χ0n) is 7.95. The largest absolute Gasteiger partial charge is 0.362 e. The molecule has 2 nitrogen and oxygen atoms in total. The van der Waals surface area contributed by atoms with Gasteiger partial charge in [-0.2, -0.15) is 5.26 Å². The molecular weight excluding hydrogens is 162 g/mol. The number of nitriles is 1. The third kappa shape index (κ3) is 2.30. The Labute approximate surface area is 78.8 Å². The Kier molecular flexibility index (Phi) is 3.48. The molecule has 1 atom stereocenters. The van der Waals surface area contributed by atoms with E-state index in [1.54, 1.807) is 7.11 Å². The van der Waals surface area contributed by atoms with Crippen LogP contribution >= 0.6 is 0 Å². The van der Waals surface area contributed by atoms with Gasteiger partial charge >= 0.3 is 0 Å². The van der Waals surface area contributed by atoms with Gasteiger partial charge in [0.05, 0.1) is 6.07 Å². The zero-order valence-corrected chi connectivity index (χ0v) is 7.95. The van der Waals surface area contributed by atoms with Crippen LogP contribution in [0.5, 0.6) is 0 Å². The molecule has 2 heteroatoms. The molecule has 0 aliphatic heterocycles. The van der Waals surface area contributed by atoms with E-state index in [1.807, 2.05) is 24.3 Å². The van der Waals surface area contributed by atoms with E-state index in [2.05, 4.69) is 13.0 Å². The molecule has 0 fully saturated rings. The number of rotatable bonds is 3. The van der Waals surface area contributed by atoms with Crippen molar-refractivity contribution in [1.29, 1.82) is 5.26 Å². The minimum absolute atomic E-state index is 0.439. The third-order valence-electron chi connectivity index (χ3n) is 2.04. The quantitative estimate of drug-likeness (QED) is 0.707. The van der Waals surface area contributed by atoms with Gasteiger partial charge in [-0.05, 0) is 17.5 Å². The van der Waals surface area contributed by atoms with E-state index in [9.17, 15) is 0 Å². The van der Waals surface area contributed by atoms with Crippen LogP contribution in [0.2, 0.25) is 0 Å².